The van der Waals surface area contributed by atoms with Crippen LogP contribution in [0.5, 0.6) is 0 Å². The number of aliphatic hydroxyl groups is 1. The first kappa shape index (κ1) is 15.0. The van der Waals surface area contributed by atoms with E-state index in [1.165, 1.54) is 18.6 Å². The van der Waals surface area contributed by atoms with Crippen LogP contribution in [0.2, 0.25) is 0 Å². The maximum absolute atomic E-state index is 10.3. The van der Waals surface area contributed by atoms with Gasteiger partial charge in [0.05, 0.1) is 12.1 Å². The van der Waals surface area contributed by atoms with Crippen molar-refractivity contribution in [3.05, 3.63) is 0 Å². The van der Waals surface area contributed by atoms with Crippen molar-refractivity contribution in [2.45, 2.75) is 57.1 Å². The van der Waals surface area contributed by atoms with Crippen molar-refractivity contribution >= 4 is 17.7 Å². The zero-order chi connectivity index (χ0) is 13.6. The highest BCUT2D eigenvalue weighted by molar-refractivity contribution is 7.99. The van der Waals surface area contributed by atoms with Crippen molar-refractivity contribution in [3.8, 4) is 0 Å². The number of hydrogen-bond donors (Lipinski definition) is 3. The molecule has 1 saturated carbocycles. The van der Waals surface area contributed by atoms with Crippen LogP contribution in [0.3, 0.4) is 0 Å². The summed E-state index contributed by atoms with van der Waals surface area (Å²) in [4.78, 5) is 4.60. The van der Waals surface area contributed by atoms with Crippen LogP contribution < -0.4 is 10.6 Å². The molecule has 4 nitrogen and oxygen atoms in total. The van der Waals surface area contributed by atoms with Crippen LogP contribution in [0.1, 0.15) is 45.4 Å². The third kappa shape index (κ3) is 4.88. The van der Waals surface area contributed by atoms with Crippen LogP contribution in [-0.4, -0.2) is 47.3 Å². The minimum absolute atomic E-state index is 0.523. The fraction of sp³-hybridized carbons (Fsp3) is 0.929. The number of thioether (sulfide) groups is 1. The number of nitrogens with zero attached hydrogens (tertiary/aromatic N) is 1. The van der Waals surface area contributed by atoms with Crippen LogP contribution in [-0.2, 0) is 0 Å². The summed E-state index contributed by atoms with van der Waals surface area (Å²) in [6, 6.07) is 0.523. The van der Waals surface area contributed by atoms with Gasteiger partial charge in [-0.2, -0.15) is 11.8 Å². The maximum Gasteiger partial charge on any atom is 0.191 e. The van der Waals surface area contributed by atoms with E-state index in [0.29, 0.717) is 12.6 Å². The van der Waals surface area contributed by atoms with Crippen LogP contribution >= 0.6 is 11.8 Å². The highest BCUT2D eigenvalue weighted by atomic mass is 32.2. The van der Waals surface area contributed by atoms with E-state index in [-0.39, 0.29) is 0 Å². The molecule has 2 aliphatic rings. The molecule has 3 N–H and O–H groups in total. The van der Waals surface area contributed by atoms with Gasteiger partial charge in [-0.3, -0.25) is 4.99 Å². The molecule has 0 bridgehead atoms. The Morgan fingerprint density at radius 3 is 2.79 bits per heavy atom. The number of rotatable bonds is 4. The molecule has 1 saturated heterocycles. The van der Waals surface area contributed by atoms with Crippen LogP contribution in [0.4, 0.5) is 0 Å². The summed E-state index contributed by atoms with van der Waals surface area (Å²) in [6.07, 6.45) is 6.57. The van der Waals surface area contributed by atoms with Crippen molar-refractivity contribution in [1.29, 1.82) is 0 Å². The van der Waals surface area contributed by atoms with Crippen molar-refractivity contribution in [2.24, 2.45) is 4.99 Å². The van der Waals surface area contributed by atoms with Gasteiger partial charge in [0.25, 0.3) is 0 Å². The molecule has 1 heterocycles. The fourth-order valence-corrected chi connectivity index (χ4v) is 3.86. The lowest BCUT2D eigenvalue weighted by Crippen LogP contribution is -2.46. The zero-order valence-electron chi connectivity index (χ0n) is 12.0. The van der Waals surface area contributed by atoms with Gasteiger partial charge < -0.3 is 15.7 Å². The largest absolute Gasteiger partial charge is 0.388 e. The van der Waals surface area contributed by atoms with Crippen LogP contribution in [0.25, 0.3) is 0 Å². The minimum Gasteiger partial charge on any atom is -0.388 e. The monoisotopic (exact) mass is 285 g/mol. The summed E-state index contributed by atoms with van der Waals surface area (Å²) < 4.78 is 0. The molecule has 0 aromatic heterocycles. The summed E-state index contributed by atoms with van der Waals surface area (Å²) in [6.45, 7) is 3.48. The number of nitrogens with one attached hydrogen (secondary N) is 2. The van der Waals surface area contributed by atoms with Gasteiger partial charge in [-0.25, -0.2) is 0 Å². The van der Waals surface area contributed by atoms with Crippen molar-refractivity contribution in [2.75, 3.05) is 24.6 Å². The molecule has 5 heteroatoms. The van der Waals surface area contributed by atoms with Gasteiger partial charge in [0, 0.05) is 18.3 Å². The Hall–Kier alpha value is -0.420. The van der Waals surface area contributed by atoms with E-state index in [4.69, 9.17) is 0 Å². The molecule has 0 radical (unpaired) electrons. The quantitative estimate of drug-likeness (QED) is 0.544. The van der Waals surface area contributed by atoms with E-state index in [9.17, 15) is 5.11 Å². The van der Waals surface area contributed by atoms with Crippen molar-refractivity contribution in [1.82, 2.24) is 10.6 Å². The Morgan fingerprint density at radius 1 is 1.37 bits per heavy atom. The first-order chi connectivity index (χ1) is 9.22. The first-order valence-corrected chi connectivity index (χ1v) is 8.72. The topological polar surface area (TPSA) is 56.7 Å². The smallest absolute Gasteiger partial charge is 0.191 e. The van der Waals surface area contributed by atoms with Gasteiger partial charge >= 0.3 is 0 Å². The Kier molecular flexibility index (Phi) is 5.82. The van der Waals surface area contributed by atoms with E-state index in [1.807, 2.05) is 11.8 Å². The third-order valence-corrected chi connectivity index (χ3v) is 5.13. The lowest BCUT2D eigenvalue weighted by Gasteiger charge is -2.26. The maximum atomic E-state index is 10.3. The lowest BCUT2D eigenvalue weighted by molar-refractivity contribution is 0.0574. The molecule has 0 amide bonds. The van der Waals surface area contributed by atoms with Gasteiger partial charge in [-0.1, -0.05) is 12.8 Å². The van der Waals surface area contributed by atoms with E-state index in [2.05, 4.69) is 22.5 Å². The van der Waals surface area contributed by atoms with E-state index in [1.54, 1.807) is 0 Å². The molecule has 0 aromatic rings. The van der Waals surface area contributed by atoms with Crippen molar-refractivity contribution < 1.29 is 5.11 Å². The summed E-state index contributed by atoms with van der Waals surface area (Å²) >= 11 is 2.01. The van der Waals surface area contributed by atoms with Gasteiger partial charge in [0.1, 0.15) is 0 Å². The van der Waals surface area contributed by atoms with E-state index < -0.39 is 5.60 Å². The summed E-state index contributed by atoms with van der Waals surface area (Å²) in [7, 11) is 0. The average molecular weight is 285 g/mol. The SMILES string of the molecule is CCNC(=NCC1(O)CCCC1)NC1CCCSC1. The molecule has 1 aliphatic carbocycles. The molecular weight excluding hydrogens is 258 g/mol. The molecule has 0 spiro atoms. The van der Waals surface area contributed by atoms with Gasteiger partial charge in [-0.05, 0) is 38.4 Å². The summed E-state index contributed by atoms with van der Waals surface area (Å²) in [5, 5.41) is 17.1. The van der Waals surface area contributed by atoms with Gasteiger partial charge in [-0.15, -0.1) is 0 Å². The fourth-order valence-electron chi connectivity index (χ4n) is 2.79. The lowest BCUT2D eigenvalue weighted by atomic mass is 10.0. The molecule has 110 valence electrons. The normalized spacial score (nSPS) is 27.3. The van der Waals surface area contributed by atoms with E-state index in [0.717, 1.165) is 43.9 Å². The average Bonchev–Trinajstić information content (AvgIpc) is 2.85. The number of hydrogen-bond acceptors (Lipinski definition) is 3. The van der Waals surface area contributed by atoms with E-state index >= 15 is 0 Å². The Morgan fingerprint density at radius 2 is 2.16 bits per heavy atom. The second kappa shape index (κ2) is 7.39. The van der Waals surface area contributed by atoms with Crippen LogP contribution in [0.15, 0.2) is 4.99 Å². The van der Waals surface area contributed by atoms with Gasteiger partial charge in [0.15, 0.2) is 5.96 Å². The molecule has 1 atom stereocenters. The Bertz CT molecular complexity index is 297. The summed E-state index contributed by atoms with van der Waals surface area (Å²) in [5.74, 6) is 3.32. The minimum atomic E-state index is -0.552. The molecule has 1 aliphatic heterocycles. The molecule has 2 rings (SSSR count). The highest BCUT2D eigenvalue weighted by Gasteiger charge is 2.30. The van der Waals surface area contributed by atoms with Crippen LogP contribution in [0, 0.1) is 0 Å². The first-order valence-electron chi connectivity index (χ1n) is 7.57. The predicted octanol–water partition coefficient (Wildman–Crippen LogP) is 1.74. The second-order valence-corrected chi connectivity index (χ2v) is 6.83. The second-order valence-electron chi connectivity index (χ2n) is 5.69. The predicted molar refractivity (Wildman–Crippen MR) is 82.9 cm³/mol. The molecular formula is C14H27N3OS. The van der Waals surface area contributed by atoms with Crippen molar-refractivity contribution in [3.63, 3.8) is 0 Å². The Balaban J connectivity index is 1.86. The van der Waals surface area contributed by atoms with Gasteiger partial charge in [0.2, 0.25) is 0 Å². The Labute approximate surface area is 120 Å². The zero-order valence-corrected chi connectivity index (χ0v) is 12.8. The molecule has 0 aromatic carbocycles. The number of aliphatic imine (C=N–C) groups is 1. The molecule has 2 fully saturated rings. The number of guanidine groups is 1. The third-order valence-electron chi connectivity index (χ3n) is 3.91. The standard InChI is InChI=1S/C14H27N3OS/c1-2-15-13(17-12-6-5-9-19-10-12)16-11-14(18)7-3-4-8-14/h12,18H,2-11H2,1H3,(H2,15,16,17). The molecule has 1 unspecified atom stereocenters. The summed E-state index contributed by atoms with van der Waals surface area (Å²) in [5.41, 5.74) is -0.552. The highest BCUT2D eigenvalue weighted by Crippen LogP contribution is 2.29. The molecule has 19 heavy (non-hydrogen) atoms.